The Morgan fingerprint density at radius 3 is 2.37 bits per heavy atom. The molecule has 158 valence electrons. The lowest BCUT2D eigenvalue weighted by molar-refractivity contribution is -0.134. The molecule has 9 nitrogen and oxygen atoms in total. The number of aromatic carboxylic acids is 1. The number of hydrogen-bond acceptors (Lipinski definition) is 6. The quantitative estimate of drug-likeness (QED) is 0.735. The smallest absolute Gasteiger partial charge is 0.335 e. The average Bonchev–Trinajstić information content (AvgIpc) is 2.64. The number of carboxylic acids is 1. The minimum atomic E-state index is -4.14. The van der Waals surface area contributed by atoms with Crippen molar-refractivity contribution in [2.24, 2.45) is 0 Å². The second-order valence-electron chi connectivity index (χ2n) is 7.33. The number of benzene rings is 2. The molecule has 2 amide bonds. The van der Waals surface area contributed by atoms with Gasteiger partial charge < -0.3 is 9.84 Å². The van der Waals surface area contributed by atoms with E-state index in [-0.39, 0.29) is 21.9 Å². The predicted octanol–water partition coefficient (Wildman–Crippen LogP) is 1.70. The number of nitrogens with one attached hydrogen (secondary N) is 1. The van der Waals surface area contributed by atoms with E-state index in [9.17, 15) is 27.9 Å². The molecule has 2 N–H and O–H groups in total. The van der Waals surface area contributed by atoms with Gasteiger partial charge in [0.05, 0.1) is 16.1 Å². The predicted molar refractivity (Wildman–Crippen MR) is 107 cm³/mol. The molecule has 0 unspecified atom stereocenters. The monoisotopic (exact) mass is 432 g/mol. The highest BCUT2D eigenvalue weighted by Gasteiger charge is 2.42. The van der Waals surface area contributed by atoms with E-state index in [1.165, 1.54) is 44.2 Å². The van der Waals surface area contributed by atoms with Crippen LogP contribution in [0.1, 0.15) is 29.8 Å². The summed E-state index contributed by atoms with van der Waals surface area (Å²) >= 11 is 0. The van der Waals surface area contributed by atoms with Crippen molar-refractivity contribution in [3.05, 3.63) is 53.6 Å². The zero-order valence-electron chi connectivity index (χ0n) is 16.5. The van der Waals surface area contributed by atoms with Crippen LogP contribution >= 0.6 is 0 Å². The van der Waals surface area contributed by atoms with Gasteiger partial charge in [-0.15, -0.1) is 0 Å². The summed E-state index contributed by atoms with van der Waals surface area (Å²) in [6, 6.07) is 9.82. The summed E-state index contributed by atoms with van der Waals surface area (Å²) in [7, 11) is -4.14. The molecular weight excluding hydrogens is 412 g/mol. The Hall–Kier alpha value is -3.40. The van der Waals surface area contributed by atoms with Gasteiger partial charge in [0.2, 0.25) is 0 Å². The van der Waals surface area contributed by atoms with Crippen molar-refractivity contribution in [1.82, 2.24) is 4.72 Å². The van der Waals surface area contributed by atoms with E-state index < -0.39 is 40.0 Å². The van der Waals surface area contributed by atoms with Gasteiger partial charge >= 0.3 is 5.97 Å². The second kappa shape index (κ2) is 7.45. The standard InChI is InChI=1S/C20H20N2O7S/c1-12-4-7-14(8-5-12)30(27,28)21-17(23)11-22-15-10-13(18(24)25)6-9-16(15)29-20(2,3)19(22)26/h4-10H,11H2,1-3H3,(H,21,23)(H,24,25). The number of carbonyl (C=O) groups is 3. The molecule has 0 bridgehead atoms. The number of fused-ring (bicyclic) bond motifs is 1. The normalized spacial score (nSPS) is 15.2. The molecule has 0 spiro atoms. The molecule has 3 rings (SSSR count). The number of sulfonamides is 1. The van der Waals surface area contributed by atoms with Gasteiger partial charge in [-0.25, -0.2) is 17.9 Å². The molecule has 2 aromatic rings. The van der Waals surface area contributed by atoms with Gasteiger partial charge in [-0.05, 0) is 51.1 Å². The van der Waals surface area contributed by atoms with Gasteiger partial charge in [0.15, 0.2) is 5.60 Å². The minimum Gasteiger partial charge on any atom is -0.478 e. The molecule has 0 aliphatic carbocycles. The number of aryl methyl sites for hydroxylation is 1. The number of carbonyl (C=O) groups excluding carboxylic acids is 2. The van der Waals surface area contributed by atoms with Crippen LogP contribution in [0.15, 0.2) is 47.4 Å². The molecule has 0 radical (unpaired) electrons. The Labute approximate surface area is 173 Å². The minimum absolute atomic E-state index is 0.0714. The van der Waals surface area contributed by atoms with E-state index >= 15 is 0 Å². The summed E-state index contributed by atoms with van der Waals surface area (Å²) in [4.78, 5) is 37.5. The molecule has 10 heteroatoms. The number of ether oxygens (including phenoxy) is 1. The van der Waals surface area contributed by atoms with Gasteiger partial charge in [-0.3, -0.25) is 14.5 Å². The Morgan fingerprint density at radius 1 is 1.13 bits per heavy atom. The summed E-state index contributed by atoms with van der Waals surface area (Å²) in [6.45, 7) is 4.16. The van der Waals surface area contributed by atoms with E-state index in [0.717, 1.165) is 10.5 Å². The van der Waals surface area contributed by atoms with Crippen molar-refractivity contribution in [2.75, 3.05) is 11.4 Å². The molecular formula is C20H20N2O7S. The van der Waals surface area contributed by atoms with E-state index in [0.29, 0.717) is 0 Å². The highest BCUT2D eigenvalue weighted by molar-refractivity contribution is 7.90. The van der Waals surface area contributed by atoms with Crippen molar-refractivity contribution in [3.8, 4) is 5.75 Å². The van der Waals surface area contributed by atoms with Crippen LogP contribution in [0.3, 0.4) is 0 Å². The largest absolute Gasteiger partial charge is 0.478 e. The van der Waals surface area contributed by atoms with Gasteiger partial charge in [0.1, 0.15) is 12.3 Å². The zero-order valence-corrected chi connectivity index (χ0v) is 17.3. The van der Waals surface area contributed by atoms with Crippen molar-refractivity contribution < 1.29 is 32.6 Å². The Kier molecular flexibility index (Phi) is 5.29. The molecule has 30 heavy (non-hydrogen) atoms. The zero-order chi connectivity index (χ0) is 22.3. The fraction of sp³-hybridized carbons (Fsp3) is 0.250. The molecule has 0 aromatic heterocycles. The number of hydrogen-bond donors (Lipinski definition) is 2. The van der Waals surface area contributed by atoms with Crippen LogP contribution in [0.25, 0.3) is 0 Å². The maximum Gasteiger partial charge on any atom is 0.335 e. The van der Waals surface area contributed by atoms with Crippen molar-refractivity contribution in [1.29, 1.82) is 0 Å². The van der Waals surface area contributed by atoms with Crippen LogP contribution in [0, 0.1) is 6.92 Å². The molecule has 1 aliphatic rings. The number of carboxylic acid groups (broad SMARTS) is 1. The SMILES string of the molecule is Cc1ccc(S(=O)(=O)NC(=O)CN2C(=O)C(C)(C)Oc3ccc(C(=O)O)cc32)cc1. The number of rotatable bonds is 5. The van der Waals surface area contributed by atoms with Gasteiger partial charge in [0.25, 0.3) is 21.8 Å². The molecule has 0 saturated heterocycles. The van der Waals surface area contributed by atoms with E-state index in [4.69, 9.17) is 4.74 Å². The van der Waals surface area contributed by atoms with Crippen LogP contribution in [0.4, 0.5) is 5.69 Å². The van der Waals surface area contributed by atoms with Crippen LogP contribution in [-0.4, -0.2) is 43.5 Å². The third kappa shape index (κ3) is 4.13. The summed E-state index contributed by atoms with van der Waals surface area (Å²) < 4.78 is 32.5. The number of amides is 2. The molecule has 0 atom stereocenters. The lowest BCUT2D eigenvalue weighted by Crippen LogP contribution is -2.55. The van der Waals surface area contributed by atoms with Crippen LogP contribution in [-0.2, 0) is 19.6 Å². The Morgan fingerprint density at radius 2 is 1.77 bits per heavy atom. The van der Waals surface area contributed by atoms with Crippen LogP contribution < -0.4 is 14.4 Å². The van der Waals surface area contributed by atoms with E-state index in [1.807, 2.05) is 4.72 Å². The van der Waals surface area contributed by atoms with Gasteiger partial charge in [-0.2, -0.15) is 0 Å². The topological polar surface area (TPSA) is 130 Å². The first kappa shape index (κ1) is 21.3. The molecule has 1 aliphatic heterocycles. The third-order valence-electron chi connectivity index (χ3n) is 4.50. The first-order valence-electron chi connectivity index (χ1n) is 8.91. The van der Waals surface area contributed by atoms with Gasteiger partial charge in [0, 0.05) is 0 Å². The summed E-state index contributed by atoms with van der Waals surface area (Å²) in [5.41, 5.74) is -0.509. The van der Waals surface area contributed by atoms with Crippen molar-refractivity contribution in [3.63, 3.8) is 0 Å². The maximum absolute atomic E-state index is 12.8. The Bertz CT molecular complexity index is 1140. The number of nitrogens with zero attached hydrogens (tertiary/aromatic N) is 1. The Balaban J connectivity index is 1.90. The first-order valence-corrected chi connectivity index (χ1v) is 10.4. The summed E-state index contributed by atoms with van der Waals surface area (Å²) in [5, 5.41) is 9.22. The van der Waals surface area contributed by atoms with Crippen molar-refractivity contribution >= 4 is 33.5 Å². The molecule has 2 aromatic carbocycles. The molecule has 0 fully saturated rings. The lowest BCUT2D eigenvalue weighted by Gasteiger charge is -2.38. The first-order chi connectivity index (χ1) is 13.9. The second-order valence-corrected chi connectivity index (χ2v) is 9.02. The fourth-order valence-electron chi connectivity index (χ4n) is 2.96. The molecule has 0 saturated carbocycles. The highest BCUT2D eigenvalue weighted by Crippen LogP contribution is 2.38. The highest BCUT2D eigenvalue weighted by atomic mass is 32.2. The summed E-state index contributed by atoms with van der Waals surface area (Å²) in [6.07, 6.45) is 0. The summed E-state index contributed by atoms with van der Waals surface area (Å²) in [5.74, 6) is -2.58. The van der Waals surface area contributed by atoms with E-state index in [1.54, 1.807) is 19.1 Å². The molecule has 1 heterocycles. The van der Waals surface area contributed by atoms with Crippen molar-refractivity contribution in [2.45, 2.75) is 31.3 Å². The van der Waals surface area contributed by atoms with Crippen LogP contribution in [0.2, 0.25) is 0 Å². The van der Waals surface area contributed by atoms with E-state index in [2.05, 4.69) is 0 Å². The van der Waals surface area contributed by atoms with Gasteiger partial charge in [-0.1, -0.05) is 17.7 Å². The maximum atomic E-state index is 12.8. The lowest BCUT2D eigenvalue weighted by atomic mass is 10.0. The van der Waals surface area contributed by atoms with Crippen LogP contribution in [0.5, 0.6) is 5.75 Å². The fourth-order valence-corrected chi connectivity index (χ4v) is 3.94. The average molecular weight is 432 g/mol. The number of anilines is 1. The third-order valence-corrected chi connectivity index (χ3v) is 5.89.